The number of fused-ring (bicyclic) bond motifs is 1. The van der Waals surface area contributed by atoms with Crippen LogP contribution in [-0.2, 0) is 9.53 Å². The second kappa shape index (κ2) is 12.1. The zero-order valence-corrected chi connectivity index (χ0v) is 23.1. The standard InChI is InChI=1S/C32H25FN2O5S/c1-4-17-40-24-16-11-20(18-25(24)38-3)19-26-30(36)35-29(22-12-14-23(33)15-13-22)27(31(37)39-5-2)28(34-32(35)41-26)21-9-7-6-8-10-21/h1,6-16,18-19,29H,5,17H2,2-3H3/t29-/m1/s1. The van der Waals surface area contributed by atoms with Gasteiger partial charge in [-0.1, -0.05) is 65.8 Å². The minimum absolute atomic E-state index is 0.0875. The Bertz CT molecular complexity index is 1850. The Morgan fingerprint density at radius 2 is 1.88 bits per heavy atom. The van der Waals surface area contributed by atoms with Crippen LogP contribution in [0.15, 0.2) is 88.2 Å². The highest BCUT2D eigenvalue weighted by atomic mass is 32.1. The van der Waals surface area contributed by atoms with Gasteiger partial charge in [0.2, 0.25) is 0 Å². The predicted molar refractivity (Wildman–Crippen MR) is 155 cm³/mol. The second-order valence-electron chi connectivity index (χ2n) is 8.89. The SMILES string of the molecule is C#CCOc1ccc(C=c2sc3n(c2=O)[C@H](c2ccc(F)cc2)C(C(=O)OCC)=C(c2ccccc2)N=3)cc1OC. The first-order valence-corrected chi connectivity index (χ1v) is 13.5. The number of rotatable bonds is 8. The number of esters is 1. The highest BCUT2D eigenvalue weighted by Gasteiger charge is 2.35. The first-order chi connectivity index (χ1) is 19.9. The van der Waals surface area contributed by atoms with E-state index in [2.05, 4.69) is 5.92 Å². The van der Waals surface area contributed by atoms with Crippen molar-refractivity contribution in [2.45, 2.75) is 13.0 Å². The van der Waals surface area contributed by atoms with Gasteiger partial charge in [-0.25, -0.2) is 14.2 Å². The monoisotopic (exact) mass is 568 g/mol. The minimum Gasteiger partial charge on any atom is -0.493 e. The molecule has 1 aromatic heterocycles. The van der Waals surface area contributed by atoms with Gasteiger partial charge in [-0.2, -0.15) is 0 Å². The highest BCUT2D eigenvalue weighted by Crippen LogP contribution is 2.35. The van der Waals surface area contributed by atoms with Crippen molar-refractivity contribution < 1.29 is 23.4 Å². The normalized spacial score (nSPS) is 14.6. The van der Waals surface area contributed by atoms with Crippen LogP contribution >= 0.6 is 11.3 Å². The summed E-state index contributed by atoms with van der Waals surface area (Å²) in [4.78, 5) is 32.6. The van der Waals surface area contributed by atoms with Crippen LogP contribution in [0.25, 0.3) is 11.8 Å². The van der Waals surface area contributed by atoms with E-state index in [9.17, 15) is 14.0 Å². The van der Waals surface area contributed by atoms with Gasteiger partial charge in [0.05, 0.1) is 35.6 Å². The molecule has 0 saturated carbocycles. The predicted octanol–water partition coefficient (Wildman–Crippen LogP) is 4.10. The van der Waals surface area contributed by atoms with Crippen LogP contribution in [0.4, 0.5) is 4.39 Å². The molecule has 1 aliphatic heterocycles. The molecule has 9 heteroatoms. The summed E-state index contributed by atoms with van der Waals surface area (Å²) in [5.41, 5.74) is 2.15. The van der Waals surface area contributed by atoms with E-state index in [1.165, 1.54) is 35.1 Å². The van der Waals surface area contributed by atoms with Crippen molar-refractivity contribution in [1.29, 1.82) is 0 Å². The number of nitrogens with zero attached hydrogens (tertiary/aromatic N) is 2. The number of ether oxygens (including phenoxy) is 3. The number of methoxy groups -OCH3 is 1. The molecule has 1 aliphatic rings. The van der Waals surface area contributed by atoms with Gasteiger partial charge in [0.1, 0.15) is 12.4 Å². The Morgan fingerprint density at radius 1 is 1.12 bits per heavy atom. The highest BCUT2D eigenvalue weighted by molar-refractivity contribution is 7.07. The molecule has 3 aromatic carbocycles. The van der Waals surface area contributed by atoms with Gasteiger partial charge >= 0.3 is 5.97 Å². The maximum atomic E-state index is 14.0. The third kappa shape index (κ3) is 5.55. The maximum Gasteiger partial charge on any atom is 0.338 e. The Hall–Kier alpha value is -4.94. The number of carbonyl (C=O) groups is 1. The van der Waals surface area contributed by atoms with Crippen molar-refractivity contribution in [2.75, 3.05) is 20.3 Å². The number of benzene rings is 3. The lowest BCUT2D eigenvalue weighted by atomic mass is 9.93. The molecule has 1 atom stereocenters. The molecule has 0 aliphatic carbocycles. The number of hydrogen-bond acceptors (Lipinski definition) is 7. The largest absolute Gasteiger partial charge is 0.493 e. The Balaban J connectivity index is 1.75. The van der Waals surface area contributed by atoms with E-state index in [1.807, 2.05) is 30.3 Å². The molecule has 5 rings (SSSR count). The zero-order valence-electron chi connectivity index (χ0n) is 22.3. The van der Waals surface area contributed by atoms with E-state index in [1.54, 1.807) is 43.3 Å². The second-order valence-corrected chi connectivity index (χ2v) is 9.90. The molecule has 0 amide bonds. The summed E-state index contributed by atoms with van der Waals surface area (Å²) in [6, 6.07) is 19.3. The molecule has 206 valence electrons. The molecule has 0 radical (unpaired) electrons. The Morgan fingerprint density at radius 3 is 2.56 bits per heavy atom. The number of thiazole rings is 1. The van der Waals surface area contributed by atoms with Gasteiger partial charge in [0.15, 0.2) is 16.3 Å². The van der Waals surface area contributed by atoms with Crippen LogP contribution in [-0.4, -0.2) is 30.9 Å². The van der Waals surface area contributed by atoms with Gasteiger partial charge in [-0.05, 0) is 48.4 Å². The van der Waals surface area contributed by atoms with E-state index in [0.29, 0.717) is 43.2 Å². The van der Waals surface area contributed by atoms with Crippen molar-refractivity contribution in [3.63, 3.8) is 0 Å². The zero-order chi connectivity index (χ0) is 28.9. The fourth-order valence-electron chi connectivity index (χ4n) is 4.56. The number of aromatic nitrogens is 1. The summed E-state index contributed by atoms with van der Waals surface area (Å²) in [5.74, 6) is 2.31. The Kier molecular flexibility index (Phi) is 8.13. The first-order valence-electron chi connectivity index (χ1n) is 12.7. The van der Waals surface area contributed by atoms with Crippen LogP contribution in [0, 0.1) is 18.2 Å². The van der Waals surface area contributed by atoms with E-state index < -0.39 is 17.8 Å². The topological polar surface area (TPSA) is 79.1 Å². The third-order valence-electron chi connectivity index (χ3n) is 6.36. The maximum absolute atomic E-state index is 14.0. The summed E-state index contributed by atoms with van der Waals surface area (Å²) in [6.07, 6.45) is 7.02. The van der Waals surface area contributed by atoms with Gasteiger partial charge in [-0.15, -0.1) is 6.42 Å². The molecule has 0 bridgehead atoms. The number of terminal acetylenes is 1. The van der Waals surface area contributed by atoms with E-state index in [-0.39, 0.29) is 24.3 Å². The van der Waals surface area contributed by atoms with E-state index >= 15 is 0 Å². The molecule has 7 nitrogen and oxygen atoms in total. The van der Waals surface area contributed by atoms with Crippen LogP contribution in [0.3, 0.4) is 0 Å². The van der Waals surface area contributed by atoms with Crippen molar-refractivity contribution in [1.82, 2.24) is 4.57 Å². The molecule has 0 unspecified atom stereocenters. The van der Waals surface area contributed by atoms with Crippen molar-refractivity contribution >= 4 is 29.1 Å². The first kappa shape index (κ1) is 27.6. The quantitative estimate of drug-likeness (QED) is 0.236. The summed E-state index contributed by atoms with van der Waals surface area (Å²) in [6.45, 7) is 1.93. The molecule has 0 N–H and O–H groups in total. The molecular formula is C32H25FN2O5S. The van der Waals surface area contributed by atoms with Crippen LogP contribution in [0.5, 0.6) is 11.5 Å². The smallest absolute Gasteiger partial charge is 0.338 e. The van der Waals surface area contributed by atoms with Crippen LogP contribution in [0.2, 0.25) is 0 Å². The lowest BCUT2D eigenvalue weighted by Crippen LogP contribution is -2.40. The fraction of sp³-hybridized carbons (Fsp3) is 0.156. The van der Waals surface area contributed by atoms with Crippen molar-refractivity contribution in [3.8, 4) is 23.8 Å². The number of hydrogen-bond donors (Lipinski definition) is 0. The van der Waals surface area contributed by atoms with Gasteiger partial charge in [0.25, 0.3) is 5.56 Å². The number of halogens is 1. The minimum atomic E-state index is -0.891. The molecule has 4 aromatic rings. The molecule has 0 fully saturated rings. The summed E-state index contributed by atoms with van der Waals surface area (Å²) < 4.78 is 32.2. The van der Waals surface area contributed by atoms with Crippen LogP contribution < -0.4 is 24.4 Å². The summed E-state index contributed by atoms with van der Waals surface area (Å²) in [7, 11) is 1.51. The molecule has 2 heterocycles. The lowest BCUT2D eigenvalue weighted by Gasteiger charge is -2.25. The molecular weight excluding hydrogens is 543 g/mol. The summed E-state index contributed by atoms with van der Waals surface area (Å²) >= 11 is 1.18. The van der Waals surface area contributed by atoms with E-state index in [0.717, 1.165) is 0 Å². The molecule has 41 heavy (non-hydrogen) atoms. The average Bonchev–Trinajstić information content (AvgIpc) is 3.30. The molecule has 0 spiro atoms. The van der Waals surface area contributed by atoms with Gasteiger partial charge < -0.3 is 14.2 Å². The van der Waals surface area contributed by atoms with E-state index in [4.69, 9.17) is 25.6 Å². The summed E-state index contributed by atoms with van der Waals surface area (Å²) in [5, 5.41) is 0. The van der Waals surface area contributed by atoms with Crippen LogP contribution in [0.1, 0.15) is 29.7 Å². The Labute approximate surface area is 239 Å². The average molecular weight is 569 g/mol. The molecule has 0 saturated heterocycles. The van der Waals surface area contributed by atoms with Crippen molar-refractivity contribution in [3.05, 3.63) is 121 Å². The lowest BCUT2D eigenvalue weighted by molar-refractivity contribution is -0.138. The number of carbonyl (C=O) groups excluding carboxylic acids is 1. The fourth-order valence-corrected chi connectivity index (χ4v) is 5.57. The van der Waals surface area contributed by atoms with Crippen molar-refractivity contribution in [2.24, 2.45) is 4.99 Å². The third-order valence-corrected chi connectivity index (χ3v) is 7.34. The van der Waals surface area contributed by atoms with Gasteiger partial charge in [-0.3, -0.25) is 9.36 Å². The van der Waals surface area contributed by atoms with Gasteiger partial charge in [0, 0.05) is 5.56 Å².